The van der Waals surface area contributed by atoms with E-state index in [1.165, 1.54) is 45.1 Å². The van der Waals surface area contributed by atoms with Crippen LogP contribution in [0.25, 0.3) is 0 Å². The summed E-state index contributed by atoms with van der Waals surface area (Å²) in [6.45, 7) is 7.53. The molecule has 0 spiro atoms. The molecule has 34 nitrogen and oxygen atoms in total. The zero-order valence-electron chi connectivity index (χ0n) is 68.2. The summed E-state index contributed by atoms with van der Waals surface area (Å²) in [5.41, 5.74) is 8.62. The molecule has 12 rings (SSSR count). The molecule has 6 aromatic heterocycles. The second-order valence-electron chi connectivity index (χ2n) is 29.9. The van der Waals surface area contributed by atoms with Crippen LogP contribution in [0.1, 0.15) is 176 Å². The van der Waals surface area contributed by atoms with E-state index in [4.69, 9.17) is 18.9 Å². The second kappa shape index (κ2) is 42.7. The summed E-state index contributed by atoms with van der Waals surface area (Å²) >= 11 is 0. The molecule has 10 amide bonds. The number of nitriles is 3. The minimum Gasteiger partial charge on any atom is -0.385 e. The van der Waals surface area contributed by atoms with Gasteiger partial charge >= 0.3 is 18.1 Å². The second-order valence-corrected chi connectivity index (χ2v) is 29.9. The number of aldehydes is 3. The molecule has 3 atom stereocenters. The Morgan fingerprint density at radius 1 is 0.492 bits per heavy atom. The van der Waals surface area contributed by atoms with Crippen LogP contribution in [0.3, 0.4) is 0 Å². The minimum atomic E-state index is -0.502. The molecule has 0 aliphatic carbocycles. The molecule has 6 aliphatic rings. The highest BCUT2D eigenvalue weighted by Crippen LogP contribution is 2.34. The fourth-order valence-corrected chi connectivity index (χ4v) is 15.5. The van der Waals surface area contributed by atoms with E-state index in [0.717, 1.165) is 91.3 Å². The Kier molecular flexibility index (Phi) is 31.9. The van der Waals surface area contributed by atoms with E-state index in [2.05, 4.69) is 69.0 Å². The Morgan fingerprint density at radius 2 is 0.847 bits per heavy atom. The van der Waals surface area contributed by atoms with Crippen molar-refractivity contribution in [1.82, 2.24) is 54.4 Å². The van der Waals surface area contributed by atoms with E-state index in [-0.39, 0.29) is 72.3 Å². The van der Waals surface area contributed by atoms with Gasteiger partial charge in [-0.15, -0.1) is 0 Å². The molecule has 6 aromatic rings. The molecule has 12 heterocycles. The number of methoxy groups -OCH3 is 3. The van der Waals surface area contributed by atoms with Crippen molar-refractivity contribution in [2.24, 2.45) is 5.92 Å². The van der Waals surface area contributed by atoms with Gasteiger partial charge in [-0.05, 0) is 193 Å². The maximum atomic E-state index is 13.3. The molecule has 0 saturated carbocycles. The summed E-state index contributed by atoms with van der Waals surface area (Å²) in [7, 11) is 11.9. The van der Waals surface area contributed by atoms with Crippen molar-refractivity contribution in [3.8, 4) is 18.2 Å². The number of carbonyl (C=O) groups is 10. The number of urea groups is 3. The minimum absolute atomic E-state index is 0.0189. The Balaban J connectivity index is 0.000000187. The molecule has 622 valence electrons. The van der Waals surface area contributed by atoms with Gasteiger partial charge in [0.05, 0.1) is 35.3 Å². The molecule has 3 N–H and O–H groups in total. The molecule has 1 unspecified atom stereocenters. The van der Waals surface area contributed by atoms with Crippen molar-refractivity contribution in [1.29, 1.82) is 15.8 Å². The summed E-state index contributed by atoms with van der Waals surface area (Å²) in [6.07, 6.45) is 18.5. The van der Waals surface area contributed by atoms with Crippen LogP contribution in [-0.4, -0.2) is 242 Å². The Labute approximate surface area is 686 Å². The van der Waals surface area contributed by atoms with Crippen molar-refractivity contribution in [3.05, 3.63) is 139 Å². The topological polar surface area (TPSA) is 418 Å². The molecular weight excluding hydrogens is 1510 g/mol. The number of pyridine rings is 6. The lowest BCUT2D eigenvalue weighted by Crippen LogP contribution is -2.45. The molecule has 6 aliphatic heterocycles. The smallest absolute Gasteiger partial charge is 0.328 e. The number of rotatable bonds is 27. The van der Waals surface area contributed by atoms with E-state index in [1.54, 1.807) is 75.4 Å². The third-order valence-corrected chi connectivity index (χ3v) is 21.7. The van der Waals surface area contributed by atoms with Crippen LogP contribution in [0.4, 0.5) is 49.3 Å². The van der Waals surface area contributed by atoms with Gasteiger partial charge in [-0.1, -0.05) is 0 Å². The molecule has 0 bridgehead atoms. The first-order chi connectivity index (χ1) is 57.1. The average molecular weight is 1620 g/mol. The third kappa shape index (κ3) is 22.1. The lowest BCUT2D eigenvalue weighted by atomic mass is 10.0. The maximum Gasteiger partial charge on any atom is 0.328 e. The number of ether oxygens (including phenoxy) is 4. The lowest BCUT2D eigenvalue weighted by molar-refractivity contribution is -0.142. The monoisotopic (exact) mass is 1610 g/mol. The molecule has 3 saturated heterocycles. The predicted octanol–water partition coefficient (Wildman–Crippen LogP) is 8.19. The SMILES string of the molecule is COCCCc1cc(NC(=O)N2CCCc3cc(CN(C)C(=O)C4CCOC4)c(C=O)nc32)ncc1C#N.COCCCc1cc(NC(=O)N2CCCc3cc(CN(C)C(=O)[C@H]4CCCN4C(C)=O)c(C=O)nc32)ncc1C#N.COCCCc1cc(NC(=O)N2CCCc3cc(CN(C)C(=O)[C@H]4CCCN4C)c(C=O)nc32)ncc1C#N. The van der Waals surface area contributed by atoms with Gasteiger partial charge in [-0.25, -0.2) is 44.3 Å². The van der Waals surface area contributed by atoms with Gasteiger partial charge in [0.25, 0.3) is 0 Å². The number of anilines is 6. The van der Waals surface area contributed by atoms with Crippen molar-refractivity contribution >= 4 is 95.5 Å². The summed E-state index contributed by atoms with van der Waals surface area (Å²) in [5, 5.41) is 36.6. The first kappa shape index (κ1) is 88.2. The Morgan fingerprint density at radius 3 is 1.17 bits per heavy atom. The van der Waals surface area contributed by atoms with E-state index >= 15 is 0 Å². The molecule has 0 aromatic carbocycles. The van der Waals surface area contributed by atoms with Crippen molar-refractivity contribution in [2.45, 2.75) is 148 Å². The highest BCUT2D eigenvalue weighted by atomic mass is 16.5. The number of likely N-dealkylation sites (N-methyl/N-ethyl adjacent to an activating group) is 3. The van der Waals surface area contributed by atoms with E-state index in [0.29, 0.717) is 204 Å². The number of aromatic nitrogens is 6. The first-order valence-corrected chi connectivity index (χ1v) is 39.7. The van der Waals surface area contributed by atoms with Crippen LogP contribution in [0.5, 0.6) is 0 Å². The summed E-state index contributed by atoms with van der Waals surface area (Å²) in [5.74, 6) is 1.76. The van der Waals surface area contributed by atoms with E-state index < -0.39 is 24.1 Å². The summed E-state index contributed by atoms with van der Waals surface area (Å²) in [4.78, 5) is 166. The molecule has 118 heavy (non-hydrogen) atoms. The van der Waals surface area contributed by atoms with E-state index in [9.17, 15) is 63.7 Å². The van der Waals surface area contributed by atoms with Gasteiger partial charge in [-0.3, -0.25) is 69.1 Å². The van der Waals surface area contributed by atoms with Crippen molar-refractivity contribution in [3.63, 3.8) is 0 Å². The summed E-state index contributed by atoms with van der Waals surface area (Å²) < 4.78 is 20.6. The van der Waals surface area contributed by atoms with Crippen molar-refractivity contribution < 1.29 is 66.9 Å². The average Bonchev–Trinajstić information content (AvgIpc) is 0.960. The van der Waals surface area contributed by atoms with Crippen LogP contribution in [-0.2, 0) is 96.3 Å². The quantitative estimate of drug-likeness (QED) is 0.0323. The number of hydrogen-bond acceptors (Lipinski definition) is 24. The number of hydrogen-bond donors (Lipinski definition) is 3. The number of likely N-dealkylation sites (tertiary alicyclic amines) is 2. The van der Waals surface area contributed by atoms with Gasteiger partial charge in [0.15, 0.2) is 18.9 Å². The van der Waals surface area contributed by atoms with Crippen LogP contribution in [0.2, 0.25) is 0 Å². The fraction of sp³-hybridized carbons (Fsp3) is 0.488. The number of fused-ring (bicyclic) bond motifs is 3. The van der Waals surface area contributed by atoms with Gasteiger partial charge < -0.3 is 38.5 Å². The number of nitrogens with zero attached hydrogens (tertiary/aromatic N) is 17. The normalized spacial score (nSPS) is 16.5. The Bertz CT molecular complexity index is 4820. The van der Waals surface area contributed by atoms with Gasteiger partial charge in [0, 0.05) is 157 Å². The molecule has 34 heteroatoms. The van der Waals surface area contributed by atoms with Crippen molar-refractivity contribution in [2.75, 3.05) is 146 Å². The predicted molar refractivity (Wildman–Crippen MR) is 435 cm³/mol. The third-order valence-electron chi connectivity index (χ3n) is 21.7. The largest absolute Gasteiger partial charge is 0.385 e. The van der Waals surface area contributed by atoms with E-state index in [1.807, 2.05) is 25.2 Å². The standard InChI is InChI=1S/C29H35N7O5.C28H35N7O4.C27H32N6O5/c1-19(38)35-10-5-9-25(35)28(39)34(2)17-22-13-21-7-4-11-36(27(21)32-24(22)18-37)29(40)33-26-14-20(8-6-12-41-3)23(15-30)16-31-26;1-33-10-5-9-24(33)27(37)34(2)17-21-13-20-7-4-11-35(26(20)31-23(21)18-36)28(38)32-25-14-19(8-6-12-39-3)22(15-29)16-30-25;1-32(26(35)20-7-10-38-17-20)15-21-11-19-5-3-8-33(25(19)30-23(21)16-34)27(36)31-24-12-18(6-4-9-37-2)22(13-28)14-29-24/h13-14,16,18,25H,4-12,17H2,1-3H3,(H,31,33,40);13-14,16,18,24H,4-12,17H2,1-3H3,(H,30,32,38);11-12,14,16,20H,3-10,15,17H2,1-2H3,(H,29,31,36)/t25-;24-;/m11./s1. The zero-order valence-corrected chi connectivity index (χ0v) is 68.2. The van der Waals surface area contributed by atoms with Crippen LogP contribution >= 0.6 is 0 Å². The summed E-state index contributed by atoms with van der Waals surface area (Å²) in [6, 6.07) is 15.2. The molecule has 3 fully saturated rings. The molecular formula is C84H102N20O14. The lowest BCUT2D eigenvalue weighted by Gasteiger charge is -2.30. The van der Waals surface area contributed by atoms with Crippen LogP contribution in [0.15, 0.2) is 55.0 Å². The van der Waals surface area contributed by atoms with Gasteiger partial charge in [0.1, 0.15) is 76.2 Å². The zero-order chi connectivity index (χ0) is 84.5. The Hall–Kier alpha value is -12.1. The number of carbonyl (C=O) groups excluding carboxylic acids is 10. The number of aryl methyl sites for hydroxylation is 6. The highest BCUT2D eigenvalue weighted by molar-refractivity contribution is 6.04. The first-order valence-electron chi connectivity index (χ1n) is 39.7. The highest BCUT2D eigenvalue weighted by Gasteiger charge is 2.37. The number of nitrogens with one attached hydrogen (secondary N) is 3. The van der Waals surface area contributed by atoms with Gasteiger partial charge in [0.2, 0.25) is 23.6 Å². The van der Waals surface area contributed by atoms with Gasteiger partial charge in [-0.2, -0.15) is 15.8 Å². The number of amides is 10. The maximum absolute atomic E-state index is 13.3. The molecule has 0 radical (unpaired) electrons. The van der Waals surface area contributed by atoms with Crippen LogP contribution < -0.4 is 30.7 Å². The fourth-order valence-electron chi connectivity index (χ4n) is 15.5. The van der Waals surface area contributed by atoms with Crippen LogP contribution in [0, 0.1) is 39.9 Å².